The lowest BCUT2D eigenvalue weighted by Crippen LogP contribution is -2.36. The van der Waals surface area contributed by atoms with E-state index in [2.05, 4.69) is 32.5 Å². The van der Waals surface area contributed by atoms with Crippen molar-refractivity contribution < 1.29 is 4.42 Å². The van der Waals surface area contributed by atoms with E-state index in [1.807, 2.05) is 20.0 Å². The van der Waals surface area contributed by atoms with Gasteiger partial charge in [-0.3, -0.25) is 4.99 Å². The minimum atomic E-state index is 0.506. The first kappa shape index (κ1) is 15.5. The van der Waals surface area contributed by atoms with Crippen molar-refractivity contribution in [1.29, 1.82) is 0 Å². The Kier molecular flexibility index (Phi) is 5.32. The molecule has 0 bridgehead atoms. The summed E-state index contributed by atoms with van der Waals surface area (Å²) in [5, 5.41) is 7.46. The fourth-order valence-electron chi connectivity index (χ4n) is 1.75. The Morgan fingerprint density at radius 3 is 2.67 bits per heavy atom. The molecule has 0 aliphatic carbocycles. The zero-order valence-electron chi connectivity index (χ0n) is 12.9. The van der Waals surface area contributed by atoms with E-state index in [0.29, 0.717) is 24.9 Å². The standard InChI is InChI=1S/C14H21N5OS/c1-5-11-6-16-13(21-11)8-18-14(15-4)17-7-12-19-9(2)10(3)20-12/h6H,5,7-8H2,1-4H3,(H2,15,17,18). The van der Waals surface area contributed by atoms with Crippen LogP contribution in [0.2, 0.25) is 0 Å². The summed E-state index contributed by atoms with van der Waals surface area (Å²) in [6.45, 7) is 7.14. The Balaban J connectivity index is 1.83. The molecular formula is C14H21N5OS. The number of aliphatic imine (C=N–C) groups is 1. The molecule has 2 aromatic rings. The molecule has 0 saturated heterocycles. The van der Waals surface area contributed by atoms with Gasteiger partial charge in [0.05, 0.1) is 18.8 Å². The molecular weight excluding hydrogens is 286 g/mol. The first-order chi connectivity index (χ1) is 10.1. The number of rotatable bonds is 5. The highest BCUT2D eigenvalue weighted by molar-refractivity contribution is 7.11. The van der Waals surface area contributed by atoms with Gasteiger partial charge in [0.2, 0.25) is 5.89 Å². The fraction of sp³-hybridized carbons (Fsp3) is 0.500. The number of hydrogen-bond donors (Lipinski definition) is 2. The van der Waals surface area contributed by atoms with Gasteiger partial charge in [-0.2, -0.15) is 0 Å². The Hall–Kier alpha value is -1.89. The summed E-state index contributed by atoms with van der Waals surface area (Å²) in [6, 6.07) is 0. The molecule has 0 amide bonds. The van der Waals surface area contributed by atoms with Crippen LogP contribution < -0.4 is 10.6 Å². The largest absolute Gasteiger partial charge is 0.444 e. The quantitative estimate of drug-likeness (QED) is 0.654. The monoisotopic (exact) mass is 307 g/mol. The lowest BCUT2D eigenvalue weighted by Gasteiger charge is -2.09. The first-order valence-electron chi connectivity index (χ1n) is 6.93. The maximum Gasteiger partial charge on any atom is 0.214 e. The normalized spacial score (nSPS) is 11.7. The highest BCUT2D eigenvalue weighted by atomic mass is 32.1. The summed E-state index contributed by atoms with van der Waals surface area (Å²) in [4.78, 5) is 14.2. The maximum atomic E-state index is 5.52. The van der Waals surface area contributed by atoms with E-state index < -0.39 is 0 Å². The molecule has 2 rings (SSSR count). The van der Waals surface area contributed by atoms with E-state index in [1.54, 1.807) is 18.4 Å². The predicted octanol–water partition coefficient (Wildman–Crippen LogP) is 2.18. The Morgan fingerprint density at radius 2 is 2.10 bits per heavy atom. The van der Waals surface area contributed by atoms with Gasteiger partial charge in [0.1, 0.15) is 10.8 Å². The third-order valence-electron chi connectivity index (χ3n) is 3.06. The summed E-state index contributed by atoms with van der Waals surface area (Å²) < 4.78 is 5.52. The molecule has 0 saturated carbocycles. The summed E-state index contributed by atoms with van der Waals surface area (Å²) in [5.41, 5.74) is 0.921. The maximum absolute atomic E-state index is 5.52. The van der Waals surface area contributed by atoms with Crippen LogP contribution in [0.15, 0.2) is 15.6 Å². The molecule has 6 nitrogen and oxygen atoms in total. The second-order valence-corrected chi connectivity index (χ2v) is 5.80. The smallest absolute Gasteiger partial charge is 0.214 e. The van der Waals surface area contributed by atoms with Gasteiger partial charge >= 0.3 is 0 Å². The van der Waals surface area contributed by atoms with E-state index in [4.69, 9.17) is 4.42 Å². The van der Waals surface area contributed by atoms with Crippen molar-refractivity contribution in [2.75, 3.05) is 7.05 Å². The second-order valence-electron chi connectivity index (χ2n) is 4.60. The van der Waals surface area contributed by atoms with Crippen molar-refractivity contribution in [2.45, 2.75) is 40.3 Å². The zero-order valence-corrected chi connectivity index (χ0v) is 13.7. The zero-order chi connectivity index (χ0) is 15.2. The Morgan fingerprint density at radius 1 is 1.33 bits per heavy atom. The van der Waals surface area contributed by atoms with Gasteiger partial charge in [-0.25, -0.2) is 9.97 Å². The minimum absolute atomic E-state index is 0.506. The number of aryl methyl sites for hydroxylation is 3. The number of thiazole rings is 1. The van der Waals surface area contributed by atoms with E-state index >= 15 is 0 Å². The number of oxazole rings is 1. The van der Waals surface area contributed by atoms with Gasteiger partial charge in [-0.15, -0.1) is 11.3 Å². The molecule has 0 unspecified atom stereocenters. The molecule has 0 aliphatic heterocycles. The number of hydrogen-bond acceptors (Lipinski definition) is 5. The van der Waals surface area contributed by atoms with Gasteiger partial charge in [-0.1, -0.05) is 6.92 Å². The van der Waals surface area contributed by atoms with E-state index in [-0.39, 0.29) is 0 Å². The van der Waals surface area contributed by atoms with Crippen molar-refractivity contribution in [2.24, 2.45) is 4.99 Å². The Bertz CT molecular complexity index is 597. The number of nitrogens with zero attached hydrogens (tertiary/aromatic N) is 3. The predicted molar refractivity (Wildman–Crippen MR) is 84.5 cm³/mol. The molecule has 0 atom stereocenters. The third kappa shape index (κ3) is 4.29. The fourth-order valence-corrected chi connectivity index (χ4v) is 2.55. The van der Waals surface area contributed by atoms with Crippen molar-refractivity contribution >= 4 is 17.3 Å². The molecule has 2 heterocycles. The van der Waals surface area contributed by atoms with Crippen molar-refractivity contribution in [3.05, 3.63) is 33.4 Å². The van der Waals surface area contributed by atoms with Crippen LogP contribution in [0, 0.1) is 13.8 Å². The van der Waals surface area contributed by atoms with Crippen molar-refractivity contribution in [3.8, 4) is 0 Å². The number of nitrogens with one attached hydrogen (secondary N) is 2. The minimum Gasteiger partial charge on any atom is -0.444 e. The van der Waals surface area contributed by atoms with Crippen LogP contribution in [0.5, 0.6) is 0 Å². The third-order valence-corrected chi connectivity index (χ3v) is 4.20. The van der Waals surface area contributed by atoms with Crippen LogP contribution in [-0.4, -0.2) is 23.0 Å². The van der Waals surface area contributed by atoms with E-state index in [1.165, 1.54) is 4.88 Å². The summed E-state index contributed by atoms with van der Waals surface area (Å²) in [5.74, 6) is 2.22. The van der Waals surface area contributed by atoms with Crippen molar-refractivity contribution in [1.82, 2.24) is 20.6 Å². The summed E-state index contributed by atoms with van der Waals surface area (Å²) in [6.07, 6.45) is 2.95. The average Bonchev–Trinajstić information content (AvgIpc) is 3.06. The average molecular weight is 307 g/mol. The van der Waals surface area contributed by atoms with Crippen LogP contribution in [0.25, 0.3) is 0 Å². The van der Waals surface area contributed by atoms with Crippen LogP contribution in [0.4, 0.5) is 0 Å². The summed E-state index contributed by atoms with van der Waals surface area (Å²) >= 11 is 1.72. The van der Waals surface area contributed by atoms with Gasteiger partial charge in [-0.05, 0) is 20.3 Å². The van der Waals surface area contributed by atoms with E-state index in [0.717, 1.165) is 22.9 Å². The topological polar surface area (TPSA) is 75.3 Å². The Labute approximate surface area is 128 Å². The van der Waals surface area contributed by atoms with Crippen molar-refractivity contribution in [3.63, 3.8) is 0 Å². The van der Waals surface area contributed by atoms with Gasteiger partial charge in [0.15, 0.2) is 5.96 Å². The first-order valence-corrected chi connectivity index (χ1v) is 7.75. The number of aromatic nitrogens is 2. The summed E-state index contributed by atoms with van der Waals surface area (Å²) in [7, 11) is 1.74. The van der Waals surface area contributed by atoms with Crippen LogP contribution in [-0.2, 0) is 19.5 Å². The highest BCUT2D eigenvalue weighted by Gasteiger charge is 2.07. The lowest BCUT2D eigenvalue weighted by atomic mass is 10.4. The van der Waals surface area contributed by atoms with Gasteiger partial charge < -0.3 is 15.1 Å². The van der Waals surface area contributed by atoms with Gasteiger partial charge in [0, 0.05) is 18.1 Å². The van der Waals surface area contributed by atoms with Gasteiger partial charge in [0.25, 0.3) is 0 Å². The second kappa shape index (κ2) is 7.21. The molecule has 2 N–H and O–H groups in total. The lowest BCUT2D eigenvalue weighted by molar-refractivity contribution is 0.463. The van der Waals surface area contributed by atoms with Crippen LogP contribution in [0.1, 0.15) is 34.2 Å². The van der Waals surface area contributed by atoms with E-state index in [9.17, 15) is 0 Å². The molecule has 21 heavy (non-hydrogen) atoms. The molecule has 0 radical (unpaired) electrons. The van der Waals surface area contributed by atoms with Crippen LogP contribution >= 0.6 is 11.3 Å². The molecule has 7 heteroatoms. The molecule has 0 spiro atoms. The molecule has 2 aromatic heterocycles. The molecule has 0 aromatic carbocycles. The van der Waals surface area contributed by atoms with Crippen LogP contribution in [0.3, 0.4) is 0 Å². The highest BCUT2D eigenvalue weighted by Crippen LogP contribution is 2.12. The molecule has 114 valence electrons. The molecule has 0 fully saturated rings. The number of guanidine groups is 1. The SMILES string of the molecule is CCc1cnc(CNC(=NC)NCc2nc(C)c(C)o2)s1. The molecule has 0 aliphatic rings.